The number of fused-ring (bicyclic) bond motifs is 1. The van der Waals surface area contributed by atoms with Gasteiger partial charge in [-0.15, -0.1) is 0 Å². The molecule has 5 heteroatoms. The van der Waals surface area contributed by atoms with Crippen molar-refractivity contribution in [3.05, 3.63) is 99.0 Å². The molecule has 1 N–H and O–H groups in total. The summed E-state index contributed by atoms with van der Waals surface area (Å²) in [5.74, 6) is -0.728. The number of halogens is 1. The molecule has 0 bridgehead atoms. The fourth-order valence-electron chi connectivity index (χ4n) is 4.07. The van der Waals surface area contributed by atoms with Gasteiger partial charge in [0.05, 0.1) is 18.7 Å². The molecule has 4 nitrogen and oxygen atoms in total. The molecule has 0 spiro atoms. The number of benzene rings is 3. The number of aryl methyl sites for hydroxylation is 2. The summed E-state index contributed by atoms with van der Waals surface area (Å²) in [5.41, 5.74) is 2.55. The van der Waals surface area contributed by atoms with Gasteiger partial charge in [-0.3, -0.25) is 9.59 Å². The molecule has 0 saturated carbocycles. The van der Waals surface area contributed by atoms with E-state index < -0.39 is 11.5 Å². The van der Waals surface area contributed by atoms with Crippen molar-refractivity contribution in [2.45, 2.75) is 32.4 Å². The second-order valence-electron chi connectivity index (χ2n) is 7.82. The molecule has 1 aliphatic heterocycles. The van der Waals surface area contributed by atoms with Crippen LogP contribution < -0.4 is 4.90 Å². The van der Waals surface area contributed by atoms with Crippen LogP contribution in [-0.2, 0) is 16.9 Å². The monoisotopic (exact) mass is 463 g/mol. The van der Waals surface area contributed by atoms with Crippen LogP contribution in [0.4, 0.5) is 5.69 Å². The summed E-state index contributed by atoms with van der Waals surface area (Å²) in [5, 5.41) is 11.5. The zero-order valence-electron chi connectivity index (χ0n) is 16.9. The average molecular weight is 464 g/mol. The maximum atomic E-state index is 13.4. The number of carbonyl (C=O) groups excluding carboxylic acids is 2. The highest BCUT2D eigenvalue weighted by molar-refractivity contribution is 9.10. The van der Waals surface area contributed by atoms with E-state index in [-0.39, 0.29) is 12.2 Å². The lowest BCUT2D eigenvalue weighted by atomic mass is 9.87. The average Bonchev–Trinajstić information content (AvgIpc) is 2.90. The number of hydrogen-bond donors (Lipinski definition) is 1. The van der Waals surface area contributed by atoms with Crippen molar-refractivity contribution in [1.82, 2.24) is 0 Å². The molecule has 3 aromatic rings. The van der Waals surface area contributed by atoms with Gasteiger partial charge in [0, 0.05) is 15.6 Å². The molecule has 0 saturated heterocycles. The molecule has 1 aliphatic rings. The van der Waals surface area contributed by atoms with Crippen LogP contribution in [0.1, 0.15) is 39.0 Å². The lowest BCUT2D eigenvalue weighted by molar-refractivity contribution is -0.136. The van der Waals surface area contributed by atoms with Crippen LogP contribution in [0.5, 0.6) is 0 Å². The third-order valence-electron chi connectivity index (χ3n) is 5.58. The molecule has 0 radical (unpaired) electrons. The SMILES string of the molecule is Cc1ccc(C(=O)C[C@]2(O)C(=O)N(Cc3ccccc3)c3ccc(Br)cc32)c(C)c1. The summed E-state index contributed by atoms with van der Waals surface area (Å²) < 4.78 is 0.744. The van der Waals surface area contributed by atoms with Crippen molar-refractivity contribution < 1.29 is 14.7 Å². The molecular weight excluding hydrogens is 442 g/mol. The molecule has 3 aromatic carbocycles. The number of hydrogen-bond acceptors (Lipinski definition) is 3. The molecule has 0 unspecified atom stereocenters. The van der Waals surface area contributed by atoms with E-state index in [0.717, 1.165) is 21.2 Å². The maximum absolute atomic E-state index is 13.4. The van der Waals surface area contributed by atoms with E-state index in [9.17, 15) is 14.7 Å². The molecule has 0 fully saturated rings. The summed E-state index contributed by atoms with van der Waals surface area (Å²) in [6.45, 7) is 4.16. The molecule has 4 rings (SSSR count). The van der Waals surface area contributed by atoms with Crippen molar-refractivity contribution >= 4 is 33.3 Å². The second-order valence-corrected chi connectivity index (χ2v) is 8.73. The number of nitrogens with zero attached hydrogens (tertiary/aromatic N) is 1. The summed E-state index contributed by atoms with van der Waals surface area (Å²) >= 11 is 3.43. The van der Waals surface area contributed by atoms with E-state index in [1.165, 1.54) is 0 Å². The van der Waals surface area contributed by atoms with E-state index in [2.05, 4.69) is 15.9 Å². The fourth-order valence-corrected chi connectivity index (χ4v) is 4.43. The van der Waals surface area contributed by atoms with Crippen molar-refractivity contribution in [2.75, 3.05) is 4.90 Å². The molecule has 0 aromatic heterocycles. The first-order chi connectivity index (χ1) is 14.3. The largest absolute Gasteiger partial charge is 0.375 e. The number of amides is 1. The summed E-state index contributed by atoms with van der Waals surface area (Å²) in [4.78, 5) is 28.1. The minimum Gasteiger partial charge on any atom is -0.375 e. The second kappa shape index (κ2) is 7.82. The summed E-state index contributed by atoms with van der Waals surface area (Å²) in [6, 6.07) is 20.5. The Morgan fingerprint density at radius 2 is 1.77 bits per heavy atom. The van der Waals surface area contributed by atoms with Crippen LogP contribution in [-0.4, -0.2) is 16.8 Å². The van der Waals surface area contributed by atoms with Crippen LogP contribution in [0.15, 0.2) is 71.2 Å². The van der Waals surface area contributed by atoms with Crippen LogP contribution in [0.2, 0.25) is 0 Å². The predicted molar refractivity (Wildman–Crippen MR) is 121 cm³/mol. The van der Waals surface area contributed by atoms with E-state index >= 15 is 0 Å². The minimum atomic E-state index is -1.90. The van der Waals surface area contributed by atoms with Crippen molar-refractivity contribution in [3.63, 3.8) is 0 Å². The first-order valence-electron chi connectivity index (χ1n) is 9.78. The van der Waals surface area contributed by atoms with Gasteiger partial charge in [-0.05, 0) is 43.2 Å². The summed E-state index contributed by atoms with van der Waals surface area (Å²) in [6.07, 6.45) is -0.301. The number of anilines is 1. The Kier molecular flexibility index (Phi) is 5.35. The van der Waals surface area contributed by atoms with Crippen LogP contribution in [0.25, 0.3) is 0 Å². The number of aliphatic hydroxyl groups is 1. The zero-order valence-corrected chi connectivity index (χ0v) is 18.4. The van der Waals surface area contributed by atoms with Gasteiger partial charge in [0.2, 0.25) is 0 Å². The van der Waals surface area contributed by atoms with Crippen molar-refractivity contribution in [2.24, 2.45) is 0 Å². The number of Topliss-reactive ketones (excluding diaryl/α,β-unsaturated/α-hetero) is 1. The molecule has 152 valence electrons. The number of rotatable bonds is 5. The van der Waals surface area contributed by atoms with Gasteiger partial charge in [-0.25, -0.2) is 0 Å². The van der Waals surface area contributed by atoms with Gasteiger partial charge in [-0.2, -0.15) is 0 Å². The van der Waals surface area contributed by atoms with Gasteiger partial charge in [0.15, 0.2) is 11.4 Å². The Morgan fingerprint density at radius 1 is 1.03 bits per heavy atom. The van der Waals surface area contributed by atoms with Crippen molar-refractivity contribution in [3.8, 4) is 0 Å². The fraction of sp³-hybridized carbons (Fsp3) is 0.200. The van der Waals surface area contributed by atoms with Crippen LogP contribution >= 0.6 is 15.9 Å². The molecule has 1 atom stereocenters. The molecule has 1 amide bonds. The Morgan fingerprint density at radius 3 is 2.47 bits per heavy atom. The Hall–Kier alpha value is -2.76. The number of ketones is 1. The standard InChI is InChI=1S/C25H22BrNO3/c1-16-8-10-20(17(2)12-16)23(28)14-25(30)21-13-19(26)9-11-22(21)27(24(25)29)15-18-6-4-3-5-7-18/h3-13,30H,14-15H2,1-2H3/t25-/m1/s1. The van der Waals surface area contributed by atoms with Gasteiger partial charge in [0.1, 0.15) is 0 Å². The molecule has 1 heterocycles. The smallest absolute Gasteiger partial charge is 0.264 e. The van der Waals surface area contributed by atoms with Crippen LogP contribution in [0, 0.1) is 13.8 Å². The van der Waals surface area contributed by atoms with Gasteiger partial charge in [0.25, 0.3) is 5.91 Å². The van der Waals surface area contributed by atoms with Crippen molar-refractivity contribution in [1.29, 1.82) is 0 Å². The Bertz CT molecular complexity index is 1140. The Labute approximate surface area is 184 Å². The number of carbonyl (C=O) groups is 2. The van der Waals surface area contributed by atoms with Gasteiger partial charge < -0.3 is 10.0 Å². The highest BCUT2D eigenvalue weighted by atomic mass is 79.9. The highest BCUT2D eigenvalue weighted by Crippen LogP contribution is 2.44. The predicted octanol–water partition coefficient (Wildman–Crippen LogP) is 5.07. The highest BCUT2D eigenvalue weighted by Gasteiger charge is 2.51. The van der Waals surface area contributed by atoms with E-state index in [4.69, 9.17) is 0 Å². The quantitative estimate of drug-likeness (QED) is 0.537. The first kappa shape index (κ1) is 20.5. The Balaban J connectivity index is 1.72. The first-order valence-corrected chi connectivity index (χ1v) is 10.6. The van der Waals surface area contributed by atoms with Gasteiger partial charge in [-0.1, -0.05) is 70.0 Å². The topological polar surface area (TPSA) is 57.6 Å². The van der Waals surface area contributed by atoms with E-state index in [1.807, 2.05) is 62.4 Å². The van der Waals surface area contributed by atoms with E-state index in [0.29, 0.717) is 23.4 Å². The maximum Gasteiger partial charge on any atom is 0.264 e. The normalized spacial score (nSPS) is 17.9. The molecular formula is C25H22BrNO3. The minimum absolute atomic E-state index is 0.254. The zero-order chi connectivity index (χ0) is 21.5. The molecule has 0 aliphatic carbocycles. The van der Waals surface area contributed by atoms with Crippen LogP contribution in [0.3, 0.4) is 0 Å². The van der Waals surface area contributed by atoms with E-state index in [1.54, 1.807) is 23.1 Å². The third kappa shape index (κ3) is 3.59. The lowest BCUT2D eigenvalue weighted by Gasteiger charge is -2.23. The van der Waals surface area contributed by atoms with Gasteiger partial charge >= 0.3 is 0 Å². The lowest BCUT2D eigenvalue weighted by Crippen LogP contribution is -2.41. The molecule has 30 heavy (non-hydrogen) atoms. The summed E-state index contributed by atoms with van der Waals surface area (Å²) in [7, 11) is 0. The third-order valence-corrected chi connectivity index (χ3v) is 6.07.